The Labute approximate surface area is 116 Å². The van der Waals surface area contributed by atoms with E-state index in [4.69, 9.17) is 9.47 Å². The van der Waals surface area contributed by atoms with Gasteiger partial charge in [0.2, 0.25) is 0 Å². The fourth-order valence-corrected chi connectivity index (χ4v) is 1.63. The molecule has 0 N–H and O–H groups in total. The predicted molar refractivity (Wildman–Crippen MR) is 74.7 cm³/mol. The molecule has 0 amide bonds. The fraction of sp³-hybridized carbons (Fsp3) is 0.867. The lowest BCUT2D eigenvalue weighted by Crippen LogP contribution is -2.31. The Morgan fingerprint density at radius 3 is 2.00 bits per heavy atom. The molecule has 0 aliphatic rings. The molecule has 4 heteroatoms. The highest BCUT2D eigenvalue weighted by molar-refractivity contribution is 5.77. The van der Waals surface area contributed by atoms with Crippen LogP contribution in [0.2, 0.25) is 0 Å². The molecule has 1 atom stereocenters. The van der Waals surface area contributed by atoms with Gasteiger partial charge in [-0.1, -0.05) is 41.5 Å². The van der Waals surface area contributed by atoms with Gasteiger partial charge in [0.1, 0.15) is 6.10 Å². The summed E-state index contributed by atoms with van der Waals surface area (Å²) < 4.78 is 10.4. The van der Waals surface area contributed by atoms with Crippen molar-refractivity contribution in [1.82, 2.24) is 0 Å². The molecule has 0 fully saturated rings. The third-order valence-corrected chi connectivity index (χ3v) is 2.72. The zero-order valence-electron chi connectivity index (χ0n) is 13.1. The Hall–Kier alpha value is -1.06. The summed E-state index contributed by atoms with van der Waals surface area (Å²) in [7, 11) is 0. The van der Waals surface area contributed by atoms with E-state index in [1.165, 1.54) is 0 Å². The van der Waals surface area contributed by atoms with Gasteiger partial charge in [0.05, 0.1) is 19.4 Å². The van der Waals surface area contributed by atoms with Gasteiger partial charge in [0.25, 0.3) is 0 Å². The monoisotopic (exact) mass is 272 g/mol. The van der Waals surface area contributed by atoms with Crippen LogP contribution in [0.5, 0.6) is 0 Å². The molecule has 0 spiro atoms. The molecule has 0 radical (unpaired) electrons. The fourth-order valence-electron chi connectivity index (χ4n) is 1.63. The van der Waals surface area contributed by atoms with E-state index in [1.807, 2.05) is 41.5 Å². The molecule has 0 aliphatic carbocycles. The second kappa shape index (κ2) is 8.18. The highest BCUT2D eigenvalue weighted by atomic mass is 16.5. The second-order valence-corrected chi connectivity index (χ2v) is 6.33. The number of ether oxygens (including phenoxy) is 2. The van der Waals surface area contributed by atoms with E-state index in [2.05, 4.69) is 0 Å². The van der Waals surface area contributed by atoms with Crippen molar-refractivity contribution >= 4 is 11.9 Å². The van der Waals surface area contributed by atoms with Crippen molar-refractivity contribution in [3.8, 4) is 0 Å². The topological polar surface area (TPSA) is 52.6 Å². The van der Waals surface area contributed by atoms with Gasteiger partial charge in [0.15, 0.2) is 0 Å². The van der Waals surface area contributed by atoms with E-state index in [0.717, 1.165) is 6.42 Å². The Morgan fingerprint density at radius 1 is 1.05 bits per heavy atom. The first-order chi connectivity index (χ1) is 8.66. The van der Waals surface area contributed by atoms with Gasteiger partial charge >= 0.3 is 11.9 Å². The number of carbonyl (C=O) groups excluding carboxylic acids is 2. The van der Waals surface area contributed by atoms with E-state index in [-0.39, 0.29) is 36.3 Å². The van der Waals surface area contributed by atoms with Crippen LogP contribution in [0.4, 0.5) is 0 Å². The second-order valence-electron chi connectivity index (χ2n) is 6.33. The zero-order chi connectivity index (χ0) is 15.1. The minimum absolute atomic E-state index is 0.0808. The molecule has 0 heterocycles. The Balaban J connectivity index is 4.01. The molecule has 0 saturated heterocycles. The molecule has 0 saturated carbocycles. The van der Waals surface area contributed by atoms with Crippen LogP contribution in [-0.4, -0.2) is 24.6 Å². The quantitative estimate of drug-likeness (QED) is 0.667. The van der Waals surface area contributed by atoms with E-state index in [1.54, 1.807) is 0 Å². The highest BCUT2D eigenvalue weighted by Gasteiger charge is 2.26. The third-order valence-electron chi connectivity index (χ3n) is 2.72. The summed E-state index contributed by atoms with van der Waals surface area (Å²) in [4.78, 5) is 23.0. The van der Waals surface area contributed by atoms with Crippen molar-refractivity contribution < 1.29 is 19.1 Å². The highest BCUT2D eigenvalue weighted by Crippen LogP contribution is 2.25. The normalized spacial score (nSPS) is 13.2. The maximum Gasteiger partial charge on any atom is 0.306 e. The van der Waals surface area contributed by atoms with Crippen LogP contribution in [0.25, 0.3) is 0 Å². The first-order valence-corrected chi connectivity index (χ1v) is 7.01. The molecule has 0 aromatic rings. The molecular formula is C15H28O4. The summed E-state index contributed by atoms with van der Waals surface area (Å²) in [6.45, 7) is 12.4. The Morgan fingerprint density at radius 2 is 1.58 bits per heavy atom. The van der Waals surface area contributed by atoms with Crippen LogP contribution in [0.1, 0.15) is 60.8 Å². The van der Waals surface area contributed by atoms with Gasteiger partial charge in [-0.05, 0) is 17.8 Å². The first kappa shape index (κ1) is 17.9. The van der Waals surface area contributed by atoms with Gasteiger partial charge < -0.3 is 9.47 Å². The SMILES string of the molecule is CCC(OC(=O)CCC(=O)OCC(C)C)C(C)(C)C. The first-order valence-electron chi connectivity index (χ1n) is 7.01. The summed E-state index contributed by atoms with van der Waals surface area (Å²) in [5, 5.41) is 0. The molecule has 0 aliphatic heterocycles. The van der Waals surface area contributed by atoms with Gasteiger partial charge in [-0.3, -0.25) is 9.59 Å². The smallest absolute Gasteiger partial charge is 0.306 e. The van der Waals surface area contributed by atoms with E-state index in [0.29, 0.717) is 12.5 Å². The van der Waals surface area contributed by atoms with Crippen LogP contribution < -0.4 is 0 Å². The number of esters is 2. The predicted octanol–water partition coefficient (Wildman–Crippen LogP) is 3.33. The Kier molecular flexibility index (Phi) is 7.72. The third kappa shape index (κ3) is 8.62. The average Bonchev–Trinajstić information content (AvgIpc) is 2.29. The number of hydrogen-bond donors (Lipinski definition) is 0. The standard InChI is InChI=1S/C15H28O4/c1-7-12(15(4,5)6)19-14(17)9-8-13(16)18-10-11(2)3/h11-12H,7-10H2,1-6H3. The average molecular weight is 272 g/mol. The van der Waals surface area contributed by atoms with Crippen molar-refractivity contribution in [2.75, 3.05) is 6.61 Å². The lowest BCUT2D eigenvalue weighted by molar-refractivity contribution is -0.158. The molecule has 4 nitrogen and oxygen atoms in total. The molecule has 0 aromatic heterocycles. The van der Waals surface area contributed by atoms with E-state index in [9.17, 15) is 9.59 Å². The van der Waals surface area contributed by atoms with Crippen LogP contribution in [0, 0.1) is 11.3 Å². The van der Waals surface area contributed by atoms with Crippen molar-refractivity contribution in [3.05, 3.63) is 0 Å². The van der Waals surface area contributed by atoms with E-state index < -0.39 is 0 Å². The molecule has 0 rings (SSSR count). The molecule has 112 valence electrons. The molecular weight excluding hydrogens is 244 g/mol. The summed E-state index contributed by atoms with van der Waals surface area (Å²) in [6, 6.07) is 0. The molecule has 1 unspecified atom stereocenters. The molecule has 0 bridgehead atoms. The van der Waals surface area contributed by atoms with Crippen LogP contribution in [0.15, 0.2) is 0 Å². The van der Waals surface area contributed by atoms with E-state index >= 15 is 0 Å². The van der Waals surface area contributed by atoms with Crippen molar-refractivity contribution in [2.24, 2.45) is 11.3 Å². The minimum Gasteiger partial charge on any atom is -0.465 e. The van der Waals surface area contributed by atoms with Gasteiger partial charge in [-0.15, -0.1) is 0 Å². The molecule has 19 heavy (non-hydrogen) atoms. The minimum atomic E-state index is -0.338. The summed E-state index contributed by atoms with van der Waals surface area (Å²) in [5.74, 6) is -0.362. The maximum atomic E-state index is 11.7. The van der Waals surface area contributed by atoms with Crippen LogP contribution in [-0.2, 0) is 19.1 Å². The van der Waals surface area contributed by atoms with Gasteiger partial charge in [-0.2, -0.15) is 0 Å². The number of carbonyl (C=O) groups is 2. The van der Waals surface area contributed by atoms with Crippen LogP contribution in [0.3, 0.4) is 0 Å². The van der Waals surface area contributed by atoms with Gasteiger partial charge in [-0.25, -0.2) is 0 Å². The van der Waals surface area contributed by atoms with Crippen LogP contribution >= 0.6 is 0 Å². The Bertz CT molecular complexity index is 289. The maximum absolute atomic E-state index is 11.7. The summed E-state index contributed by atoms with van der Waals surface area (Å²) in [5.41, 5.74) is -0.0808. The zero-order valence-corrected chi connectivity index (χ0v) is 13.1. The lowest BCUT2D eigenvalue weighted by Gasteiger charge is -2.29. The summed E-state index contributed by atoms with van der Waals surface area (Å²) in [6.07, 6.45) is 0.828. The number of rotatable bonds is 7. The van der Waals surface area contributed by atoms with Crippen molar-refractivity contribution in [3.63, 3.8) is 0 Å². The summed E-state index contributed by atoms with van der Waals surface area (Å²) >= 11 is 0. The van der Waals surface area contributed by atoms with Crippen molar-refractivity contribution in [2.45, 2.75) is 66.9 Å². The number of hydrogen-bond acceptors (Lipinski definition) is 4. The van der Waals surface area contributed by atoms with Crippen molar-refractivity contribution in [1.29, 1.82) is 0 Å². The lowest BCUT2D eigenvalue weighted by atomic mass is 9.87. The largest absolute Gasteiger partial charge is 0.465 e. The molecule has 0 aromatic carbocycles. The van der Waals surface area contributed by atoms with Gasteiger partial charge in [0, 0.05) is 0 Å².